The van der Waals surface area contributed by atoms with E-state index in [0.717, 1.165) is 16.1 Å². The van der Waals surface area contributed by atoms with E-state index in [0.29, 0.717) is 22.9 Å². The Morgan fingerprint density at radius 2 is 2.05 bits per heavy atom. The number of hydrogen-bond acceptors (Lipinski definition) is 2. The molecule has 2 aromatic rings. The number of para-hydroxylation sites is 1. The molecule has 21 heavy (non-hydrogen) atoms. The molecule has 0 aliphatic rings. The molecule has 0 fully saturated rings. The van der Waals surface area contributed by atoms with Crippen LogP contribution in [-0.4, -0.2) is 11.1 Å². The molecule has 0 saturated carbocycles. The summed E-state index contributed by atoms with van der Waals surface area (Å²) in [5.41, 5.74) is 1.61. The van der Waals surface area contributed by atoms with Crippen molar-refractivity contribution in [3.05, 3.63) is 69.2 Å². The number of carboxylic acid groups (broad SMARTS) is 1. The van der Waals surface area contributed by atoms with E-state index in [1.165, 1.54) is 6.08 Å². The highest BCUT2D eigenvalue weighted by Crippen LogP contribution is 2.30. The highest BCUT2D eigenvalue weighted by Gasteiger charge is 2.07. The average molecular weight is 368 g/mol. The molecule has 0 bridgehead atoms. The third-order valence-electron chi connectivity index (χ3n) is 2.68. The molecule has 0 spiro atoms. The third kappa shape index (κ3) is 4.62. The van der Waals surface area contributed by atoms with Gasteiger partial charge in [-0.1, -0.05) is 51.8 Å². The first kappa shape index (κ1) is 15.6. The number of carbonyl (C=O) groups is 1. The molecule has 0 saturated heterocycles. The van der Waals surface area contributed by atoms with E-state index >= 15 is 0 Å². The number of rotatable bonds is 5. The summed E-state index contributed by atoms with van der Waals surface area (Å²) >= 11 is 9.53. The van der Waals surface area contributed by atoms with E-state index in [1.807, 2.05) is 24.3 Å². The normalized spacial score (nSPS) is 10.8. The van der Waals surface area contributed by atoms with Crippen LogP contribution in [0.2, 0.25) is 5.02 Å². The zero-order valence-electron chi connectivity index (χ0n) is 10.9. The van der Waals surface area contributed by atoms with E-state index in [9.17, 15) is 4.79 Å². The number of carboxylic acids is 1. The van der Waals surface area contributed by atoms with Crippen molar-refractivity contribution in [1.82, 2.24) is 0 Å². The van der Waals surface area contributed by atoms with Crippen molar-refractivity contribution >= 4 is 39.6 Å². The predicted molar refractivity (Wildman–Crippen MR) is 86.6 cm³/mol. The molecule has 0 unspecified atom stereocenters. The molecule has 1 N–H and O–H groups in total. The van der Waals surface area contributed by atoms with Gasteiger partial charge in [-0.15, -0.1) is 0 Å². The van der Waals surface area contributed by atoms with Crippen LogP contribution in [0.25, 0.3) is 6.08 Å². The molecule has 0 atom stereocenters. The van der Waals surface area contributed by atoms with Crippen molar-refractivity contribution < 1.29 is 14.6 Å². The van der Waals surface area contributed by atoms with Crippen LogP contribution in [0.3, 0.4) is 0 Å². The first-order chi connectivity index (χ1) is 10.1. The maximum absolute atomic E-state index is 10.6. The van der Waals surface area contributed by atoms with Gasteiger partial charge in [0.15, 0.2) is 0 Å². The summed E-state index contributed by atoms with van der Waals surface area (Å²) in [7, 11) is 0. The number of aliphatic carboxylic acids is 1. The Morgan fingerprint density at radius 1 is 1.29 bits per heavy atom. The van der Waals surface area contributed by atoms with Gasteiger partial charge in [0.2, 0.25) is 0 Å². The van der Waals surface area contributed by atoms with Crippen molar-refractivity contribution in [2.45, 2.75) is 6.61 Å². The van der Waals surface area contributed by atoms with Crippen LogP contribution in [0.4, 0.5) is 0 Å². The van der Waals surface area contributed by atoms with Crippen LogP contribution in [0, 0.1) is 0 Å². The minimum absolute atomic E-state index is 0.344. The number of hydrogen-bond donors (Lipinski definition) is 1. The lowest BCUT2D eigenvalue weighted by molar-refractivity contribution is -0.131. The smallest absolute Gasteiger partial charge is 0.328 e. The van der Waals surface area contributed by atoms with E-state index in [2.05, 4.69) is 15.9 Å². The summed E-state index contributed by atoms with van der Waals surface area (Å²) < 4.78 is 6.71. The maximum Gasteiger partial charge on any atom is 0.328 e. The van der Waals surface area contributed by atoms with Gasteiger partial charge in [-0.2, -0.15) is 0 Å². The molecular formula is C16H12BrClO3. The molecule has 0 radical (unpaired) electrons. The molecule has 0 aliphatic heterocycles. The summed E-state index contributed by atoms with van der Waals surface area (Å²) in [6.07, 6.45) is 2.52. The topological polar surface area (TPSA) is 46.5 Å². The Labute approximate surface area is 135 Å². The van der Waals surface area contributed by atoms with Crippen LogP contribution < -0.4 is 4.74 Å². The molecule has 0 aromatic heterocycles. The van der Waals surface area contributed by atoms with Gasteiger partial charge >= 0.3 is 5.97 Å². The Balaban J connectivity index is 2.20. The van der Waals surface area contributed by atoms with Crippen molar-refractivity contribution in [3.8, 4) is 5.75 Å². The molecule has 0 heterocycles. The van der Waals surface area contributed by atoms with Gasteiger partial charge in [0.1, 0.15) is 12.4 Å². The van der Waals surface area contributed by atoms with Crippen LogP contribution in [0.5, 0.6) is 5.75 Å². The van der Waals surface area contributed by atoms with Crippen LogP contribution in [-0.2, 0) is 11.4 Å². The lowest BCUT2D eigenvalue weighted by Crippen LogP contribution is -1.98. The minimum atomic E-state index is -1.02. The molecule has 2 aromatic carbocycles. The Bertz CT molecular complexity index is 683. The average Bonchev–Trinajstić information content (AvgIpc) is 2.44. The fraction of sp³-hybridized carbons (Fsp3) is 0.0625. The monoisotopic (exact) mass is 366 g/mol. The summed E-state index contributed by atoms with van der Waals surface area (Å²) in [4.78, 5) is 10.6. The molecule has 0 aliphatic carbocycles. The standard InChI is InChI=1S/C16H12BrClO3/c17-13-5-1-3-11(9-13)10-21-16-12(7-8-15(19)20)4-2-6-14(16)18/h1-9H,10H2,(H,19,20)/b8-7+. The summed E-state index contributed by atoms with van der Waals surface area (Å²) in [6.45, 7) is 0.344. The largest absolute Gasteiger partial charge is 0.487 e. The predicted octanol–water partition coefficient (Wildman–Crippen LogP) is 4.78. The minimum Gasteiger partial charge on any atom is -0.487 e. The van der Waals surface area contributed by atoms with E-state index in [4.69, 9.17) is 21.4 Å². The Kier molecular flexibility index (Phi) is 5.42. The van der Waals surface area contributed by atoms with Gasteiger partial charge in [0.25, 0.3) is 0 Å². The molecule has 2 rings (SSSR count). The molecule has 5 heteroatoms. The lowest BCUT2D eigenvalue weighted by Gasteiger charge is -2.11. The quantitative estimate of drug-likeness (QED) is 0.774. The van der Waals surface area contributed by atoms with E-state index in [1.54, 1.807) is 18.2 Å². The summed E-state index contributed by atoms with van der Waals surface area (Å²) in [5, 5.41) is 9.15. The van der Waals surface area contributed by atoms with Crippen molar-refractivity contribution in [2.24, 2.45) is 0 Å². The SMILES string of the molecule is O=C(O)/C=C/c1cccc(Cl)c1OCc1cccc(Br)c1. The van der Waals surface area contributed by atoms with Gasteiger partial charge in [-0.25, -0.2) is 4.79 Å². The number of ether oxygens (including phenoxy) is 1. The molecule has 0 amide bonds. The fourth-order valence-corrected chi connectivity index (χ4v) is 2.44. The van der Waals surface area contributed by atoms with Crippen LogP contribution >= 0.6 is 27.5 Å². The van der Waals surface area contributed by atoms with Gasteiger partial charge in [-0.3, -0.25) is 0 Å². The van der Waals surface area contributed by atoms with E-state index < -0.39 is 5.97 Å². The van der Waals surface area contributed by atoms with Gasteiger partial charge < -0.3 is 9.84 Å². The fourth-order valence-electron chi connectivity index (χ4n) is 1.75. The Hall–Kier alpha value is -1.78. The second kappa shape index (κ2) is 7.29. The molecule has 3 nitrogen and oxygen atoms in total. The van der Waals surface area contributed by atoms with Crippen molar-refractivity contribution in [3.63, 3.8) is 0 Å². The number of halogens is 2. The highest BCUT2D eigenvalue weighted by atomic mass is 79.9. The lowest BCUT2D eigenvalue weighted by atomic mass is 10.2. The van der Waals surface area contributed by atoms with Gasteiger partial charge in [0, 0.05) is 16.1 Å². The zero-order valence-corrected chi connectivity index (χ0v) is 13.3. The summed E-state index contributed by atoms with van der Waals surface area (Å²) in [6, 6.07) is 12.9. The third-order valence-corrected chi connectivity index (χ3v) is 3.47. The molecular weight excluding hydrogens is 356 g/mol. The van der Waals surface area contributed by atoms with Gasteiger partial charge in [0.05, 0.1) is 5.02 Å². The highest BCUT2D eigenvalue weighted by molar-refractivity contribution is 9.10. The maximum atomic E-state index is 10.6. The second-order valence-electron chi connectivity index (χ2n) is 4.25. The first-order valence-electron chi connectivity index (χ1n) is 6.13. The first-order valence-corrected chi connectivity index (χ1v) is 7.30. The summed E-state index contributed by atoms with van der Waals surface area (Å²) in [5.74, 6) is -0.551. The van der Waals surface area contributed by atoms with Crippen LogP contribution in [0.15, 0.2) is 53.0 Å². The number of benzene rings is 2. The van der Waals surface area contributed by atoms with E-state index in [-0.39, 0.29) is 0 Å². The van der Waals surface area contributed by atoms with Crippen molar-refractivity contribution in [1.29, 1.82) is 0 Å². The van der Waals surface area contributed by atoms with Gasteiger partial charge in [-0.05, 0) is 29.8 Å². The van der Waals surface area contributed by atoms with Crippen LogP contribution in [0.1, 0.15) is 11.1 Å². The molecule has 108 valence electrons. The second-order valence-corrected chi connectivity index (χ2v) is 5.57. The van der Waals surface area contributed by atoms with Crippen molar-refractivity contribution in [2.75, 3.05) is 0 Å². The zero-order chi connectivity index (χ0) is 15.2. The Morgan fingerprint density at radius 3 is 2.76 bits per heavy atom.